The maximum atomic E-state index is 12.7. The summed E-state index contributed by atoms with van der Waals surface area (Å²) in [7, 11) is 2.49. The van der Waals surface area contributed by atoms with Crippen LogP contribution in [0.5, 0.6) is 5.75 Å². The number of rotatable bonds is 7. The highest BCUT2D eigenvalue weighted by molar-refractivity contribution is 6.07. The molecule has 0 bridgehead atoms. The van der Waals surface area contributed by atoms with Crippen LogP contribution in [-0.4, -0.2) is 42.5 Å². The van der Waals surface area contributed by atoms with Crippen LogP contribution < -0.4 is 4.74 Å². The lowest BCUT2D eigenvalue weighted by molar-refractivity contribution is 0.0549. The fourth-order valence-electron chi connectivity index (χ4n) is 2.88. The first-order valence-corrected chi connectivity index (χ1v) is 8.80. The van der Waals surface area contributed by atoms with Gasteiger partial charge in [-0.1, -0.05) is 43.0 Å². The summed E-state index contributed by atoms with van der Waals surface area (Å²) in [5, 5.41) is 4.57. The number of ether oxygens (including phenoxy) is 3. The number of carbonyl (C=O) groups is 2. The van der Waals surface area contributed by atoms with Gasteiger partial charge in [-0.3, -0.25) is 0 Å². The molecule has 0 unspecified atom stereocenters. The number of carbonyl (C=O) groups excluding carboxylic acids is 2. The number of hydrogen-bond donors (Lipinski definition) is 0. The molecule has 0 saturated carbocycles. The number of para-hydroxylation sites is 2. The highest BCUT2D eigenvalue weighted by Crippen LogP contribution is 2.34. The zero-order valence-corrected chi connectivity index (χ0v) is 16.1. The van der Waals surface area contributed by atoms with E-state index in [-0.39, 0.29) is 23.6 Å². The summed E-state index contributed by atoms with van der Waals surface area (Å²) in [6.07, 6.45) is 1.61. The van der Waals surface area contributed by atoms with Gasteiger partial charge >= 0.3 is 11.9 Å². The van der Waals surface area contributed by atoms with Gasteiger partial charge in [-0.25, -0.2) is 14.3 Å². The molecule has 0 spiro atoms. The minimum Gasteiger partial charge on any atom is -0.489 e. The summed E-state index contributed by atoms with van der Waals surface area (Å²) in [6, 6.07) is 16.1. The van der Waals surface area contributed by atoms with Crippen molar-refractivity contribution in [3.8, 4) is 22.7 Å². The van der Waals surface area contributed by atoms with Gasteiger partial charge in [-0.05, 0) is 24.3 Å². The van der Waals surface area contributed by atoms with Gasteiger partial charge < -0.3 is 14.2 Å². The number of aromatic nitrogens is 2. The number of benzene rings is 2. The Hall–Kier alpha value is -3.87. The van der Waals surface area contributed by atoms with Crippen LogP contribution in [0.25, 0.3) is 16.9 Å². The Kier molecular flexibility index (Phi) is 6.09. The molecule has 0 aliphatic heterocycles. The van der Waals surface area contributed by atoms with E-state index in [4.69, 9.17) is 14.2 Å². The molecule has 1 aromatic heterocycles. The van der Waals surface area contributed by atoms with Crippen LogP contribution in [-0.2, 0) is 9.47 Å². The predicted molar refractivity (Wildman–Crippen MR) is 107 cm³/mol. The second kappa shape index (κ2) is 8.88. The Morgan fingerprint density at radius 2 is 1.66 bits per heavy atom. The maximum absolute atomic E-state index is 12.7. The predicted octanol–water partition coefficient (Wildman–Crippen LogP) is 3.68. The standard InChI is InChI=1S/C22H20N2O5/c1-4-14-29-17-13-9-8-12-16(17)19-18(21(25)27-2)20(22(26)28-3)24(23-19)15-10-6-5-7-11-15/h4-13H,1,14H2,2-3H3. The monoisotopic (exact) mass is 392 g/mol. The molecule has 7 heteroatoms. The summed E-state index contributed by atoms with van der Waals surface area (Å²) >= 11 is 0. The van der Waals surface area contributed by atoms with E-state index in [2.05, 4.69) is 11.7 Å². The van der Waals surface area contributed by atoms with Crippen molar-refractivity contribution in [1.29, 1.82) is 0 Å². The van der Waals surface area contributed by atoms with E-state index in [9.17, 15) is 9.59 Å². The zero-order valence-electron chi connectivity index (χ0n) is 16.1. The molecule has 0 fully saturated rings. The molecule has 0 radical (unpaired) electrons. The lowest BCUT2D eigenvalue weighted by atomic mass is 10.0. The lowest BCUT2D eigenvalue weighted by Gasteiger charge is -2.09. The van der Waals surface area contributed by atoms with Crippen LogP contribution in [0.2, 0.25) is 0 Å². The van der Waals surface area contributed by atoms with E-state index < -0.39 is 11.9 Å². The summed E-state index contributed by atoms with van der Waals surface area (Å²) in [5.74, 6) is -0.926. The van der Waals surface area contributed by atoms with Crippen molar-refractivity contribution in [3.63, 3.8) is 0 Å². The van der Waals surface area contributed by atoms with Gasteiger partial charge in [0.25, 0.3) is 0 Å². The Bertz CT molecular complexity index is 1040. The molecule has 0 aliphatic rings. The summed E-state index contributed by atoms with van der Waals surface area (Å²) < 4.78 is 17.0. The van der Waals surface area contributed by atoms with Crippen molar-refractivity contribution in [1.82, 2.24) is 9.78 Å². The molecule has 7 nitrogen and oxygen atoms in total. The minimum absolute atomic E-state index is 0.00199. The average Bonchev–Trinajstić information content (AvgIpc) is 3.17. The molecular weight excluding hydrogens is 372 g/mol. The van der Waals surface area contributed by atoms with E-state index in [1.807, 2.05) is 6.07 Å². The van der Waals surface area contributed by atoms with Gasteiger partial charge in [0, 0.05) is 5.56 Å². The largest absolute Gasteiger partial charge is 0.489 e. The maximum Gasteiger partial charge on any atom is 0.357 e. The van der Waals surface area contributed by atoms with Gasteiger partial charge in [0.15, 0.2) is 5.69 Å². The molecular formula is C22H20N2O5. The quantitative estimate of drug-likeness (QED) is 0.451. The van der Waals surface area contributed by atoms with E-state index in [1.54, 1.807) is 54.6 Å². The van der Waals surface area contributed by atoms with Gasteiger partial charge in [0.2, 0.25) is 0 Å². The van der Waals surface area contributed by atoms with Crippen molar-refractivity contribution in [2.75, 3.05) is 20.8 Å². The molecule has 0 N–H and O–H groups in total. The minimum atomic E-state index is -0.711. The molecule has 148 valence electrons. The highest BCUT2D eigenvalue weighted by Gasteiger charge is 2.32. The van der Waals surface area contributed by atoms with Crippen molar-refractivity contribution < 1.29 is 23.8 Å². The molecule has 0 saturated heterocycles. The molecule has 0 atom stereocenters. The van der Waals surface area contributed by atoms with Gasteiger partial charge in [0.1, 0.15) is 23.6 Å². The Morgan fingerprint density at radius 1 is 1.00 bits per heavy atom. The van der Waals surface area contributed by atoms with E-state index in [1.165, 1.54) is 18.9 Å². The summed E-state index contributed by atoms with van der Waals surface area (Å²) in [5.41, 5.74) is 1.35. The van der Waals surface area contributed by atoms with E-state index in [0.717, 1.165) is 0 Å². The van der Waals surface area contributed by atoms with Crippen molar-refractivity contribution >= 4 is 11.9 Å². The van der Waals surface area contributed by atoms with Crippen LogP contribution in [0.4, 0.5) is 0 Å². The van der Waals surface area contributed by atoms with Gasteiger partial charge in [-0.15, -0.1) is 0 Å². The molecule has 3 aromatic rings. The van der Waals surface area contributed by atoms with Gasteiger partial charge in [-0.2, -0.15) is 5.10 Å². The molecule has 29 heavy (non-hydrogen) atoms. The second-order valence-corrected chi connectivity index (χ2v) is 5.90. The first kappa shape index (κ1) is 19.9. The molecule has 1 heterocycles. The van der Waals surface area contributed by atoms with Crippen molar-refractivity contribution in [2.24, 2.45) is 0 Å². The second-order valence-electron chi connectivity index (χ2n) is 5.90. The lowest BCUT2D eigenvalue weighted by Crippen LogP contribution is -2.15. The molecule has 0 amide bonds. The van der Waals surface area contributed by atoms with Crippen LogP contribution in [0, 0.1) is 0 Å². The van der Waals surface area contributed by atoms with Crippen molar-refractivity contribution in [2.45, 2.75) is 0 Å². The fourth-order valence-corrected chi connectivity index (χ4v) is 2.88. The zero-order chi connectivity index (χ0) is 20.8. The average molecular weight is 392 g/mol. The topological polar surface area (TPSA) is 79.7 Å². The van der Waals surface area contributed by atoms with E-state index in [0.29, 0.717) is 17.0 Å². The summed E-state index contributed by atoms with van der Waals surface area (Å²) in [4.78, 5) is 25.3. The van der Waals surface area contributed by atoms with Crippen LogP contribution >= 0.6 is 0 Å². The van der Waals surface area contributed by atoms with Crippen LogP contribution in [0.15, 0.2) is 67.3 Å². The fraction of sp³-hybridized carbons (Fsp3) is 0.136. The number of methoxy groups -OCH3 is 2. The van der Waals surface area contributed by atoms with Crippen LogP contribution in [0.3, 0.4) is 0 Å². The third-order valence-electron chi connectivity index (χ3n) is 4.15. The van der Waals surface area contributed by atoms with Gasteiger partial charge in [0.05, 0.1) is 19.9 Å². The van der Waals surface area contributed by atoms with Crippen LogP contribution in [0.1, 0.15) is 20.8 Å². The third-order valence-corrected chi connectivity index (χ3v) is 4.15. The van der Waals surface area contributed by atoms with Crippen molar-refractivity contribution in [3.05, 3.63) is 78.5 Å². The first-order valence-electron chi connectivity index (χ1n) is 8.80. The summed E-state index contributed by atoms with van der Waals surface area (Å²) in [6.45, 7) is 3.92. The Morgan fingerprint density at radius 3 is 2.31 bits per heavy atom. The Balaban J connectivity index is 2.33. The Labute approximate surface area is 168 Å². The van der Waals surface area contributed by atoms with E-state index >= 15 is 0 Å². The number of hydrogen-bond acceptors (Lipinski definition) is 6. The SMILES string of the molecule is C=CCOc1ccccc1-c1nn(-c2ccccc2)c(C(=O)OC)c1C(=O)OC. The molecule has 0 aliphatic carbocycles. The first-order chi connectivity index (χ1) is 14.1. The third kappa shape index (κ3) is 3.89. The molecule has 3 rings (SSSR count). The molecule has 2 aromatic carbocycles. The highest BCUT2D eigenvalue weighted by atomic mass is 16.5. The number of nitrogens with zero attached hydrogens (tertiary/aromatic N) is 2. The smallest absolute Gasteiger partial charge is 0.357 e. The number of esters is 2. The normalized spacial score (nSPS) is 10.3.